The van der Waals surface area contributed by atoms with Crippen LogP contribution in [-0.4, -0.2) is 45.8 Å². The number of aryl methyl sites for hydroxylation is 2. The molecule has 6 nitrogen and oxygen atoms in total. The summed E-state index contributed by atoms with van der Waals surface area (Å²) in [7, 11) is 1.48. The molecular weight excluding hydrogens is 380 g/mol. The molecule has 5 atom stereocenters. The van der Waals surface area contributed by atoms with Crippen molar-refractivity contribution in [3.63, 3.8) is 0 Å². The summed E-state index contributed by atoms with van der Waals surface area (Å²) in [5.41, 5.74) is -1.35. The molecule has 1 aliphatic rings. The van der Waals surface area contributed by atoms with Gasteiger partial charge in [0, 0.05) is 32.6 Å². The van der Waals surface area contributed by atoms with E-state index in [9.17, 15) is 15.0 Å². The Hall–Kier alpha value is -1.54. The van der Waals surface area contributed by atoms with E-state index in [4.69, 9.17) is 18.0 Å². The van der Waals surface area contributed by atoms with Crippen molar-refractivity contribution in [2.45, 2.75) is 69.5 Å². The topological polar surface area (TPSA) is 89.1 Å². The van der Waals surface area contributed by atoms with E-state index >= 15 is 0 Å². The maximum absolute atomic E-state index is 12.2. The highest BCUT2D eigenvalue weighted by Crippen LogP contribution is 2.42. The SMILES string of the molecule is [2H]c1c(C([2H])([2H])C)c2c(C)c(C)c(O[C@@H]3SC(C)[C@@](C)(OC)[C@H](O)[C@H]3O)cc2oc1=O. The van der Waals surface area contributed by atoms with Gasteiger partial charge in [-0.15, -0.1) is 11.8 Å². The number of benzene rings is 1. The molecule has 0 aliphatic carbocycles. The van der Waals surface area contributed by atoms with Gasteiger partial charge in [0.1, 0.15) is 29.1 Å². The van der Waals surface area contributed by atoms with Crippen LogP contribution < -0.4 is 10.4 Å². The van der Waals surface area contributed by atoms with E-state index in [1.54, 1.807) is 20.8 Å². The summed E-state index contributed by atoms with van der Waals surface area (Å²) in [6, 6.07) is 0.965. The molecule has 0 amide bonds. The molecule has 2 heterocycles. The van der Waals surface area contributed by atoms with Crippen LogP contribution in [0.3, 0.4) is 0 Å². The lowest BCUT2D eigenvalue weighted by atomic mass is 9.90. The molecule has 1 aromatic heterocycles. The van der Waals surface area contributed by atoms with Crippen molar-refractivity contribution >= 4 is 22.7 Å². The van der Waals surface area contributed by atoms with Gasteiger partial charge in [-0.2, -0.15) is 0 Å². The second kappa shape index (κ2) is 7.71. The molecule has 1 saturated heterocycles. The fourth-order valence-electron chi connectivity index (χ4n) is 3.50. The van der Waals surface area contributed by atoms with Gasteiger partial charge in [-0.05, 0) is 43.8 Å². The van der Waals surface area contributed by atoms with Gasteiger partial charge in [0.05, 0.1) is 1.37 Å². The van der Waals surface area contributed by atoms with Crippen molar-refractivity contribution in [2.75, 3.05) is 7.11 Å². The monoisotopic (exact) mass is 411 g/mol. The first-order valence-electron chi connectivity index (χ1n) is 10.6. The lowest BCUT2D eigenvalue weighted by molar-refractivity contribution is -0.150. The van der Waals surface area contributed by atoms with Crippen LogP contribution in [0.4, 0.5) is 0 Å². The predicted molar refractivity (Wildman–Crippen MR) is 110 cm³/mol. The van der Waals surface area contributed by atoms with Crippen LogP contribution in [0.5, 0.6) is 5.75 Å². The summed E-state index contributed by atoms with van der Waals surface area (Å²) in [5, 5.41) is 21.4. The van der Waals surface area contributed by atoms with Crippen molar-refractivity contribution in [3.05, 3.63) is 39.2 Å². The summed E-state index contributed by atoms with van der Waals surface area (Å²) in [6.07, 6.45) is -4.34. The van der Waals surface area contributed by atoms with E-state index in [0.29, 0.717) is 22.3 Å². The Morgan fingerprint density at radius 1 is 1.39 bits per heavy atom. The summed E-state index contributed by atoms with van der Waals surface area (Å²) in [6.45, 7) is 8.41. The molecular formula is C21H28O6S. The smallest absolute Gasteiger partial charge is 0.336 e. The van der Waals surface area contributed by atoms with Crippen LogP contribution in [-0.2, 0) is 11.1 Å². The van der Waals surface area contributed by atoms with Gasteiger partial charge in [-0.3, -0.25) is 0 Å². The number of hydrogen-bond acceptors (Lipinski definition) is 7. The van der Waals surface area contributed by atoms with Gasteiger partial charge >= 0.3 is 5.63 Å². The number of hydrogen-bond donors (Lipinski definition) is 2. The van der Waals surface area contributed by atoms with Crippen LogP contribution in [0.1, 0.15) is 41.6 Å². The minimum atomic E-state index is -1.93. The molecule has 2 N–H and O–H groups in total. The average Bonchev–Trinajstić information content (AvgIpc) is 2.68. The largest absolute Gasteiger partial charge is 0.477 e. The highest BCUT2D eigenvalue weighted by atomic mass is 32.2. The van der Waals surface area contributed by atoms with Crippen molar-refractivity contribution in [2.24, 2.45) is 0 Å². The molecule has 3 rings (SSSR count). The molecule has 2 aromatic rings. The van der Waals surface area contributed by atoms with E-state index in [-0.39, 0.29) is 16.4 Å². The van der Waals surface area contributed by atoms with Crippen molar-refractivity contribution in [3.8, 4) is 5.75 Å². The zero-order valence-electron chi connectivity index (χ0n) is 19.8. The van der Waals surface area contributed by atoms with Gasteiger partial charge < -0.3 is 24.1 Å². The average molecular weight is 412 g/mol. The fraction of sp³-hybridized carbons (Fsp3) is 0.571. The van der Waals surface area contributed by atoms with Crippen LogP contribution in [0.25, 0.3) is 11.0 Å². The first-order valence-corrected chi connectivity index (χ1v) is 9.99. The van der Waals surface area contributed by atoms with Gasteiger partial charge in [0.25, 0.3) is 0 Å². The molecule has 28 heavy (non-hydrogen) atoms. The minimum absolute atomic E-state index is 0.0297. The third-order valence-corrected chi connectivity index (χ3v) is 7.28. The Morgan fingerprint density at radius 3 is 2.68 bits per heavy atom. The van der Waals surface area contributed by atoms with Crippen molar-refractivity contribution < 1.29 is 28.2 Å². The molecule has 1 fully saturated rings. The Morgan fingerprint density at radius 2 is 2.07 bits per heavy atom. The molecule has 1 aliphatic heterocycles. The summed E-state index contributed by atoms with van der Waals surface area (Å²) in [4.78, 5) is 12.2. The number of aliphatic hydroxyl groups is 2. The molecule has 0 bridgehead atoms. The van der Waals surface area contributed by atoms with Crippen LogP contribution in [0.2, 0.25) is 0 Å². The third kappa shape index (κ3) is 3.34. The standard InChI is InChI=1S/C21H28O6S/c1-7-13-8-16(22)26-15-9-14(10(2)11(3)17(13)15)27-20-18(23)19(24)21(5,25-6)12(4)28-20/h8-9,12,18-20,23-24H,7H2,1-6H3/t12?,18-,19-,20-,21-/m1/s1/i7D2,8D. The molecule has 1 aromatic carbocycles. The third-order valence-electron chi connectivity index (χ3n) is 5.76. The number of fused-ring (bicyclic) bond motifs is 1. The van der Waals surface area contributed by atoms with Gasteiger partial charge in [-0.25, -0.2) is 4.79 Å². The zero-order chi connectivity index (χ0) is 23.5. The molecule has 7 heteroatoms. The predicted octanol–water partition coefficient (Wildman–Crippen LogP) is 2.94. The molecule has 0 radical (unpaired) electrons. The van der Waals surface area contributed by atoms with E-state index < -0.39 is 41.3 Å². The highest BCUT2D eigenvalue weighted by molar-refractivity contribution is 8.00. The van der Waals surface area contributed by atoms with Crippen LogP contribution in [0, 0.1) is 13.8 Å². The normalized spacial score (nSPS) is 32.6. The van der Waals surface area contributed by atoms with Gasteiger partial charge in [0.15, 0.2) is 5.44 Å². The highest BCUT2D eigenvalue weighted by Gasteiger charge is 2.52. The number of aliphatic hydroxyl groups excluding tert-OH is 2. The Kier molecular flexibility index (Phi) is 4.77. The van der Waals surface area contributed by atoms with Crippen molar-refractivity contribution in [1.29, 1.82) is 0 Å². The second-order valence-corrected chi connectivity index (χ2v) is 8.67. The summed E-state index contributed by atoms with van der Waals surface area (Å²) >= 11 is 1.32. The summed E-state index contributed by atoms with van der Waals surface area (Å²) < 4.78 is 41.0. The van der Waals surface area contributed by atoms with Gasteiger partial charge in [-0.1, -0.05) is 13.8 Å². The molecule has 1 unspecified atom stereocenters. The zero-order valence-corrected chi connectivity index (χ0v) is 17.6. The Balaban J connectivity index is 2.10. The van der Waals surface area contributed by atoms with E-state index in [2.05, 4.69) is 0 Å². The fourth-order valence-corrected chi connectivity index (χ4v) is 4.88. The quantitative estimate of drug-likeness (QED) is 0.748. The number of methoxy groups -OCH3 is 1. The Labute approximate surface area is 173 Å². The van der Waals surface area contributed by atoms with E-state index in [0.717, 1.165) is 0 Å². The Bertz CT molecular complexity index is 1070. The first kappa shape index (κ1) is 17.3. The van der Waals surface area contributed by atoms with Crippen molar-refractivity contribution in [1.82, 2.24) is 0 Å². The first-order chi connectivity index (χ1) is 14.2. The lowest BCUT2D eigenvalue weighted by Gasteiger charge is -2.47. The number of ether oxygens (including phenoxy) is 2. The number of rotatable bonds is 4. The summed E-state index contributed by atoms with van der Waals surface area (Å²) in [5.74, 6) is 0.338. The van der Waals surface area contributed by atoms with Gasteiger partial charge in [0.2, 0.25) is 0 Å². The van der Waals surface area contributed by atoms with E-state index in [1.807, 2.05) is 6.92 Å². The number of thioether (sulfide) groups is 1. The molecule has 154 valence electrons. The van der Waals surface area contributed by atoms with E-state index in [1.165, 1.54) is 31.9 Å². The lowest BCUT2D eigenvalue weighted by Crippen LogP contribution is -2.61. The van der Waals surface area contributed by atoms with Crippen LogP contribution in [0.15, 0.2) is 21.3 Å². The maximum Gasteiger partial charge on any atom is 0.336 e. The molecule has 0 spiro atoms. The van der Waals surface area contributed by atoms with Crippen LogP contribution >= 0.6 is 11.8 Å². The molecule has 0 saturated carbocycles. The maximum atomic E-state index is 12.2. The second-order valence-electron chi connectivity index (χ2n) is 7.23. The minimum Gasteiger partial charge on any atom is -0.477 e.